The molecule has 0 unspecified atom stereocenters. The second-order valence-electron chi connectivity index (χ2n) is 10.1. The second kappa shape index (κ2) is 6.86. The van der Waals surface area contributed by atoms with Crippen LogP contribution in [0.25, 0.3) is 65.9 Å². The third-order valence-electron chi connectivity index (χ3n) is 8.17. The first-order chi connectivity index (χ1) is 18.4. The average molecular weight is 472 g/mol. The van der Waals surface area contributed by atoms with Crippen molar-refractivity contribution in [1.82, 2.24) is 14.0 Å². The number of aromatic nitrogens is 3. The van der Waals surface area contributed by atoms with Crippen LogP contribution in [0.1, 0.15) is 11.1 Å². The maximum atomic E-state index is 4.85. The number of hydrogen-bond acceptors (Lipinski definition) is 1. The van der Waals surface area contributed by atoms with Crippen molar-refractivity contribution >= 4 is 49.1 Å². The molecule has 0 amide bonds. The number of fused-ring (bicyclic) bond motifs is 13. The lowest BCUT2D eigenvalue weighted by molar-refractivity contribution is 1.19. The lowest BCUT2D eigenvalue weighted by atomic mass is 9.97. The molecule has 9 rings (SSSR count). The van der Waals surface area contributed by atoms with Crippen LogP contribution in [0.4, 0.5) is 0 Å². The standard InChI is InChI=1S/C34H21N3/c1-2-9-23(10-3-1)37-30-13-7-6-12-25(30)26-14-15-27-32(33(26)37)29-20-28-22(18-21-8-4-5-11-24(21)28)19-31(29)36-17-16-35-34(27)36/h1-17,19-20H,18H2. The predicted molar refractivity (Wildman–Crippen MR) is 153 cm³/mol. The lowest BCUT2D eigenvalue weighted by Crippen LogP contribution is -1.97. The van der Waals surface area contributed by atoms with Gasteiger partial charge >= 0.3 is 0 Å². The molecule has 8 aromatic rings. The zero-order chi connectivity index (χ0) is 24.1. The van der Waals surface area contributed by atoms with E-state index in [0.717, 1.165) is 12.1 Å². The summed E-state index contributed by atoms with van der Waals surface area (Å²) in [6.45, 7) is 0. The molecule has 1 aliphatic rings. The van der Waals surface area contributed by atoms with Gasteiger partial charge < -0.3 is 4.57 Å². The maximum absolute atomic E-state index is 4.85. The highest BCUT2D eigenvalue weighted by molar-refractivity contribution is 6.27. The minimum atomic E-state index is 0.976. The Morgan fingerprint density at radius 2 is 1.41 bits per heavy atom. The summed E-state index contributed by atoms with van der Waals surface area (Å²) in [6, 6.07) is 37.7. The molecule has 37 heavy (non-hydrogen) atoms. The van der Waals surface area contributed by atoms with Crippen LogP contribution < -0.4 is 0 Å². The summed E-state index contributed by atoms with van der Waals surface area (Å²) in [5.41, 5.74) is 11.3. The van der Waals surface area contributed by atoms with Crippen molar-refractivity contribution < 1.29 is 0 Å². The van der Waals surface area contributed by atoms with Crippen molar-refractivity contribution in [2.24, 2.45) is 0 Å². The van der Waals surface area contributed by atoms with Crippen molar-refractivity contribution in [3.8, 4) is 16.8 Å². The molecule has 1 aliphatic carbocycles. The van der Waals surface area contributed by atoms with Gasteiger partial charge in [-0.25, -0.2) is 4.98 Å². The van der Waals surface area contributed by atoms with E-state index in [-0.39, 0.29) is 0 Å². The molecule has 3 heterocycles. The molecule has 3 nitrogen and oxygen atoms in total. The smallest absolute Gasteiger partial charge is 0.145 e. The first-order valence-electron chi connectivity index (χ1n) is 12.8. The third kappa shape index (κ3) is 2.43. The van der Waals surface area contributed by atoms with Crippen LogP contribution >= 0.6 is 0 Å². The Morgan fingerprint density at radius 3 is 2.35 bits per heavy atom. The number of benzene rings is 5. The van der Waals surface area contributed by atoms with E-state index < -0.39 is 0 Å². The lowest BCUT2D eigenvalue weighted by Gasteiger charge is -2.14. The van der Waals surface area contributed by atoms with Gasteiger partial charge in [0, 0.05) is 45.0 Å². The SMILES string of the molecule is c1ccc(-n2c3ccccc3c3ccc4c(c5cc6c(cc5n5ccnc45)Cc4ccccc4-6)c32)cc1. The summed E-state index contributed by atoms with van der Waals surface area (Å²) in [5, 5.41) is 6.24. The van der Waals surface area contributed by atoms with Gasteiger partial charge in [0.1, 0.15) is 5.65 Å². The molecule has 5 aromatic carbocycles. The number of rotatable bonds is 1. The molecule has 0 fully saturated rings. The highest BCUT2D eigenvalue weighted by atomic mass is 15.0. The minimum absolute atomic E-state index is 0.976. The van der Waals surface area contributed by atoms with E-state index in [4.69, 9.17) is 4.98 Å². The fraction of sp³-hybridized carbons (Fsp3) is 0.0294. The van der Waals surface area contributed by atoms with Crippen LogP contribution in [-0.4, -0.2) is 14.0 Å². The summed E-state index contributed by atoms with van der Waals surface area (Å²) in [7, 11) is 0. The van der Waals surface area contributed by atoms with Crippen LogP contribution in [0.3, 0.4) is 0 Å². The number of para-hydroxylation sites is 2. The predicted octanol–water partition coefficient (Wildman–Crippen LogP) is 8.31. The van der Waals surface area contributed by atoms with E-state index in [1.165, 1.54) is 71.4 Å². The Labute approximate surface area is 212 Å². The van der Waals surface area contributed by atoms with Crippen molar-refractivity contribution in [3.63, 3.8) is 0 Å². The molecule has 3 heteroatoms. The zero-order valence-corrected chi connectivity index (χ0v) is 20.0. The van der Waals surface area contributed by atoms with Crippen LogP contribution in [0.5, 0.6) is 0 Å². The van der Waals surface area contributed by atoms with E-state index in [9.17, 15) is 0 Å². The minimum Gasteiger partial charge on any atom is -0.309 e. The molecule has 0 saturated carbocycles. The van der Waals surface area contributed by atoms with Gasteiger partial charge in [-0.2, -0.15) is 0 Å². The van der Waals surface area contributed by atoms with E-state index in [0.29, 0.717) is 0 Å². The van der Waals surface area contributed by atoms with Crippen LogP contribution in [0, 0.1) is 0 Å². The van der Waals surface area contributed by atoms with Crippen LogP contribution in [0.15, 0.2) is 116 Å². The van der Waals surface area contributed by atoms with Crippen molar-refractivity contribution in [3.05, 3.63) is 127 Å². The summed E-state index contributed by atoms with van der Waals surface area (Å²) >= 11 is 0. The zero-order valence-electron chi connectivity index (χ0n) is 20.0. The quantitative estimate of drug-likeness (QED) is 0.221. The monoisotopic (exact) mass is 471 g/mol. The molecule has 0 bridgehead atoms. The first kappa shape index (κ1) is 19.3. The number of imidazole rings is 1. The molecule has 0 saturated heterocycles. The fourth-order valence-corrected chi connectivity index (χ4v) is 6.63. The van der Waals surface area contributed by atoms with Gasteiger partial charge in [0.25, 0.3) is 0 Å². The normalized spacial score (nSPS) is 12.8. The Hall–Kier alpha value is -4.89. The molecule has 0 aliphatic heterocycles. The molecular formula is C34H21N3. The molecule has 0 radical (unpaired) electrons. The molecular weight excluding hydrogens is 450 g/mol. The van der Waals surface area contributed by atoms with E-state index in [2.05, 4.69) is 118 Å². The van der Waals surface area contributed by atoms with Gasteiger partial charge in [-0.3, -0.25) is 4.40 Å². The molecule has 3 aromatic heterocycles. The number of pyridine rings is 1. The Morgan fingerprint density at radius 1 is 0.595 bits per heavy atom. The summed E-state index contributed by atoms with van der Waals surface area (Å²) in [4.78, 5) is 4.85. The molecule has 0 N–H and O–H groups in total. The Bertz CT molecular complexity index is 2210. The van der Waals surface area contributed by atoms with E-state index in [1.54, 1.807) is 0 Å². The largest absolute Gasteiger partial charge is 0.309 e. The van der Waals surface area contributed by atoms with Gasteiger partial charge in [-0.15, -0.1) is 0 Å². The number of hydrogen-bond donors (Lipinski definition) is 0. The van der Waals surface area contributed by atoms with Gasteiger partial charge in [-0.1, -0.05) is 66.7 Å². The summed E-state index contributed by atoms with van der Waals surface area (Å²) in [6.07, 6.45) is 5.00. The molecule has 172 valence electrons. The highest BCUT2D eigenvalue weighted by Gasteiger charge is 2.23. The summed E-state index contributed by atoms with van der Waals surface area (Å²) in [5.74, 6) is 0. The Kier molecular flexibility index (Phi) is 3.58. The maximum Gasteiger partial charge on any atom is 0.145 e. The first-order valence-corrected chi connectivity index (χ1v) is 12.8. The van der Waals surface area contributed by atoms with Crippen molar-refractivity contribution in [2.75, 3.05) is 0 Å². The fourth-order valence-electron chi connectivity index (χ4n) is 6.63. The number of nitrogens with zero attached hydrogens (tertiary/aromatic N) is 3. The van der Waals surface area contributed by atoms with Gasteiger partial charge in [0.05, 0.1) is 16.6 Å². The van der Waals surface area contributed by atoms with E-state index in [1.807, 2.05) is 6.20 Å². The second-order valence-corrected chi connectivity index (χ2v) is 10.1. The van der Waals surface area contributed by atoms with Crippen molar-refractivity contribution in [2.45, 2.75) is 6.42 Å². The van der Waals surface area contributed by atoms with Crippen LogP contribution in [0.2, 0.25) is 0 Å². The van der Waals surface area contributed by atoms with E-state index >= 15 is 0 Å². The van der Waals surface area contributed by atoms with Crippen LogP contribution in [-0.2, 0) is 6.42 Å². The Balaban J connectivity index is 1.57. The molecule has 0 atom stereocenters. The molecule has 0 spiro atoms. The summed E-state index contributed by atoms with van der Waals surface area (Å²) < 4.78 is 4.70. The highest BCUT2D eigenvalue weighted by Crippen LogP contribution is 2.44. The van der Waals surface area contributed by atoms with Crippen molar-refractivity contribution in [1.29, 1.82) is 0 Å². The van der Waals surface area contributed by atoms with Gasteiger partial charge in [0.15, 0.2) is 0 Å². The topological polar surface area (TPSA) is 22.2 Å². The van der Waals surface area contributed by atoms with Gasteiger partial charge in [-0.05, 0) is 65.1 Å². The third-order valence-corrected chi connectivity index (χ3v) is 8.17. The van der Waals surface area contributed by atoms with Gasteiger partial charge in [0.2, 0.25) is 0 Å². The average Bonchev–Trinajstić information content (AvgIpc) is 3.66.